The Morgan fingerprint density at radius 3 is 2.10 bits per heavy atom. The summed E-state index contributed by atoms with van der Waals surface area (Å²) in [6.45, 7) is 4.40. The molecule has 0 bridgehead atoms. The number of rotatable bonds is 0. The first kappa shape index (κ1) is 5.56. The number of ether oxygens (including phenoxy) is 2. The molecule has 0 aromatic heterocycles. The van der Waals surface area contributed by atoms with E-state index in [1.54, 1.807) is 0 Å². The molecule has 3 fully saturated rings. The SMILES string of the molecule is C[C@@]12C[C@H]3O[C@@H]3C[C@]1(C)O2. The van der Waals surface area contributed by atoms with Crippen LogP contribution in [-0.2, 0) is 9.47 Å². The summed E-state index contributed by atoms with van der Waals surface area (Å²) >= 11 is 0. The summed E-state index contributed by atoms with van der Waals surface area (Å²) in [4.78, 5) is 0. The Bertz CT molecular complexity index is 183. The highest BCUT2D eigenvalue weighted by atomic mass is 16.7. The van der Waals surface area contributed by atoms with E-state index >= 15 is 0 Å². The highest BCUT2D eigenvalue weighted by Crippen LogP contribution is 2.61. The van der Waals surface area contributed by atoms with E-state index in [1.807, 2.05) is 0 Å². The minimum absolute atomic E-state index is 0.171. The van der Waals surface area contributed by atoms with Crippen molar-refractivity contribution >= 4 is 0 Å². The van der Waals surface area contributed by atoms with E-state index in [-0.39, 0.29) is 11.2 Å². The van der Waals surface area contributed by atoms with Crippen LogP contribution in [0.25, 0.3) is 0 Å². The lowest BCUT2D eigenvalue weighted by Crippen LogP contribution is -2.28. The Balaban J connectivity index is 1.92. The molecule has 3 aliphatic rings. The molecule has 10 heavy (non-hydrogen) atoms. The van der Waals surface area contributed by atoms with Gasteiger partial charge >= 0.3 is 0 Å². The average molecular weight is 140 g/mol. The lowest BCUT2D eigenvalue weighted by Gasteiger charge is -2.13. The van der Waals surface area contributed by atoms with Crippen molar-refractivity contribution in [3.05, 3.63) is 0 Å². The van der Waals surface area contributed by atoms with Crippen LogP contribution in [0.1, 0.15) is 26.7 Å². The molecule has 0 amide bonds. The number of hydrogen-bond acceptors (Lipinski definition) is 2. The molecule has 2 heteroatoms. The zero-order chi connectivity index (χ0) is 6.98. The van der Waals surface area contributed by atoms with Gasteiger partial charge in [-0.1, -0.05) is 0 Å². The molecule has 4 atom stereocenters. The van der Waals surface area contributed by atoms with Crippen LogP contribution in [0.3, 0.4) is 0 Å². The Labute approximate surface area is 60.5 Å². The molecule has 1 aliphatic carbocycles. The van der Waals surface area contributed by atoms with Gasteiger partial charge in [0, 0.05) is 12.8 Å². The summed E-state index contributed by atoms with van der Waals surface area (Å²) in [7, 11) is 0. The van der Waals surface area contributed by atoms with E-state index in [9.17, 15) is 0 Å². The van der Waals surface area contributed by atoms with Gasteiger partial charge in [-0.25, -0.2) is 0 Å². The van der Waals surface area contributed by atoms with Crippen molar-refractivity contribution in [2.75, 3.05) is 0 Å². The first-order chi connectivity index (χ1) is 4.63. The van der Waals surface area contributed by atoms with Crippen LogP contribution in [0.5, 0.6) is 0 Å². The van der Waals surface area contributed by atoms with Crippen LogP contribution in [-0.4, -0.2) is 23.4 Å². The zero-order valence-corrected chi connectivity index (χ0v) is 6.39. The third-order valence-corrected chi connectivity index (χ3v) is 3.40. The highest BCUT2D eigenvalue weighted by molar-refractivity contribution is 5.20. The van der Waals surface area contributed by atoms with Crippen LogP contribution in [0, 0.1) is 0 Å². The minimum atomic E-state index is 0.171. The molecule has 2 heterocycles. The van der Waals surface area contributed by atoms with Gasteiger partial charge in [0.25, 0.3) is 0 Å². The van der Waals surface area contributed by atoms with E-state index in [1.165, 1.54) is 0 Å². The minimum Gasteiger partial charge on any atom is -0.369 e. The van der Waals surface area contributed by atoms with Crippen molar-refractivity contribution in [3.63, 3.8) is 0 Å². The fourth-order valence-corrected chi connectivity index (χ4v) is 2.29. The van der Waals surface area contributed by atoms with Crippen LogP contribution in [0.15, 0.2) is 0 Å². The Kier molecular flexibility index (Phi) is 0.647. The number of epoxide rings is 2. The normalized spacial score (nSPS) is 70.2. The quantitative estimate of drug-likeness (QED) is 0.471. The van der Waals surface area contributed by atoms with Crippen molar-refractivity contribution in [1.29, 1.82) is 0 Å². The van der Waals surface area contributed by atoms with Crippen molar-refractivity contribution in [2.45, 2.75) is 50.1 Å². The molecule has 2 nitrogen and oxygen atoms in total. The zero-order valence-electron chi connectivity index (χ0n) is 6.39. The molecule has 2 saturated heterocycles. The first-order valence-corrected chi connectivity index (χ1v) is 3.99. The van der Waals surface area contributed by atoms with E-state index in [0.29, 0.717) is 12.2 Å². The smallest absolute Gasteiger partial charge is 0.0976 e. The van der Waals surface area contributed by atoms with Gasteiger partial charge < -0.3 is 9.47 Å². The molecular weight excluding hydrogens is 128 g/mol. The summed E-state index contributed by atoms with van der Waals surface area (Å²) in [5.74, 6) is 0. The molecule has 0 aromatic carbocycles. The summed E-state index contributed by atoms with van der Waals surface area (Å²) in [5, 5.41) is 0. The maximum absolute atomic E-state index is 5.67. The summed E-state index contributed by atoms with van der Waals surface area (Å²) in [6.07, 6.45) is 3.32. The molecule has 0 aromatic rings. The van der Waals surface area contributed by atoms with Crippen molar-refractivity contribution in [3.8, 4) is 0 Å². The Morgan fingerprint density at radius 1 is 1.10 bits per heavy atom. The Morgan fingerprint density at radius 2 is 1.60 bits per heavy atom. The van der Waals surface area contributed by atoms with E-state index in [2.05, 4.69) is 13.8 Å². The third kappa shape index (κ3) is 0.453. The predicted molar refractivity (Wildman–Crippen MR) is 35.8 cm³/mol. The van der Waals surface area contributed by atoms with Crippen molar-refractivity contribution in [1.82, 2.24) is 0 Å². The fraction of sp³-hybridized carbons (Fsp3) is 1.00. The second kappa shape index (κ2) is 1.16. The van der Waals surface area contributed by atoms with Crippen LogP contribution < -0.4 is 0 Å². The summed E-state index contributed by atoms with van der Waals surface area (Å²) < 4.78 is 11.1. The molecule has 56 valence electrons. The van der Waals surface area contributed by atoms with Crippen LogP contribution >= 0.6 is 0 Å². The summed E-state index contributed by atoms with van der Waals surface area (Å²) in [6, 6.07) is 0. The molecule has 0 N–H and O–H groups in total. The molecular formula is C8H12O2. The molecule has 2 aliphatic heterocycles. The first-order valence-electron chi connectivity index (χ1n) is 3.99. The predicted octanol–water partition coefficient (Wildman–Crippen LogP) is 1.10. The van der Waals surface area contributed by atoms with Gasteiger partial charge in [-0.05, 0) is 13.8 Å². The van der Waals surface area contributed by atoms with E-state index in [4.69, 9.17) is 9.47 Å². The fourth-order valence-electron chi connectivity index (χ4n) is 2.29. The van der Waals surface area contributed by atoms with Gasteiger partial charge in [0.15, 0.2) is 0 Å². The van der Waals surface area contributed by atoms with E-state index < -0.39 is 0 Å². The lowest BCUT2D eigenvalue weighted by molar-refractivity contribution is 0.233. The maximum atomic E-state index is 5.67. The third-order valence-electron chi connectivity index (χ3n) is 3.40. The highest BCUT2D eigenvalue weighted by Gasteiger charge is 2.72. The second-order valence-corrected chi connectivity index (χ2v) is 4.19. The summed E-state index contributed by atoms with van der Waals surface area (Å²) in [5.41, 5.74) is 0.343. The monoisotopic (exact) mass is 140 g/mol. The topological polar surface area (TPSA) is 25.1 Å². The standard InChI is InChI=1S/C8H12O2/c1-7-3-5-6(9-5)4-8(7,2)10-7/h5-6H,3-4H2,1-2H3/t5-,6-,7-,8+/m1/s1. The van der Waals surface area contributed by atoms with E-state index in [0.717, 1.165) is 12.8 Å². The molecule has 0 spiro atoms. The largest absolute Gasteiger partial charge is 0.369 e. The van der Waals surface area contributed by atoms with Crippen LogP contribution in [0.4, 0.5) is 0 Å². The molecule has 1 saturated carbocycles. The van der Waals surface area contributed by atoms with Crippen LogP contribution in [0.2, 0.25) is 0 Å². The lowest BCUT2D eigenvalue weighted by atomic mass is 9.82. The van der Waals surface area contributed by atoms with Crippen molar-refractivity contribution in [2.24, 2.45) is 0 Å². The van der Waals surface area contributed by atoms with Crippen molar-refractivity contribution < 1.29 is 9.47 Å². The Hall–Kier alpha value is -0.0800. The second-order valence-electron chi connectivity index (χ2n) is 4.19. The van der Waals surface area contributed by atoms with Gasteiger partial charge in [-0.15, -0.1) is 0 Å². The van der Waals surface area contributed by atoms with Gasteiger partial charge in [-0.3, -0.25) is 0 Å². The number of hydrogen-bond donors (Lipinski definition) is 0. The van der Waals surface area contributed by atoms with Gasteiger partial charge in [-0.2, -0.15) is 0 Å². The van der Waals surface area contributed by atoms with Gasteiger partial charge in [0.05, 0.1) is 23.4 Å². The molecule has 0 unspecified atom stereocenters. The van der Waals surface area contributed by atoms with Gasteiger partial charge in [0.2, 0.25) is 0 Å². The average Bonchev–Trinajstić information content (AvgIpc) is 2.53. The number of fused-ring (bicyclic) bond motifs is 2. The maximum Gasteiger partial charge on any atom is 0.0976 e. The van der Waals surface area contributed by atoms with Gasteiger partial charge in [0.1, 0.15) is 0 Å². The molecule has 0 radical (unpaired) electrons. The molecule has 3 rings (SSSR count).